The van der Waals surface area contributed by atoms with Crippen LogP contribution in [0.2, 0.25) is 10.0 Å². The van der Waals surface area contributed by atoms with Gasteiger partial charge in [0.1, 0.15) is 17.0 Å². The standard InChI is InChI=1S/C21H16Cl2F3N3O3S/c1-11-20(33(30,31)14-5-3-4-13(9-14)32-2)19(12-6-7-15(22)16(23)8-12)29-18(27-11)10-17(28-29)21(24,25)26/h3-10,19-20H,1-2H3. The summed E-state index contributed by atoms with van der Waals surface area (Å²) >= 11 is 12.2. The summed E-state index contributed by atoms with van der Waals surface area (Å²) in [4.78, 5) is 4.09. The van der Waals surface area contributed by atoms with Crippen molar-refractivity contribution < 1.29 is 26.3 Å². The van der Waals surface area contributed by atoms with Crippen molar-refractivity contribution in [3.63, 3.8) is 0 Å². The molecule has 0 N–H and O–H groups in total. The van der Waals surface area contributed by atoms with Crippen molar-refractivity contribution in [1.82, 2.24) is 9.78 Å². The van der Waals surface area contributed by atoms with E-state index in [1.807, 2.05) is 0 Å². The minimum Gasteiger partial charge on any atom is -0.497 e. The summed E-state index contributed by atoms with van der Waals surface area (Å²) in [6.07, 6.45) is -4.74. The second kappa shape index (κ2) is 8.34. The molecule has 2 heterocycles. The van der Waals surface area contributed by atoms with E-state index < -0.39 is 33.0 Å². The molecule has 1 aliphatic heterocycles. The lowest BCUT2D eigenvalue weighted by molar-refractivity contribution is -0.141. The number of sulfone groups is 1. The van der Waals surface area contributed by atoms with Gasteiger partial charge in [0.2, 0.25) is 0 Å². The minimum atomic E-state index is -4.74. The Hall–Kier alpha value is -2.56. The number of methoxy groups -OCH3 is 1. The van der Waals surface area contributed by atoms with E-state index in [-0.39, 0.29) is 26.5 Å². The first-order chi connectivity index (χ1) is 15.4. The van der Waals surface area contributed by atoms with Gasteiger partial charge in [0, 0.05) is 11.8 Å². The Morgan fingerprint density at radius 3 is 2.42 bits per heavy atom. The number of aliphatic imine (C=N–C) groups is 1. The fraction of sp³-hybridized carbons (Fsp3) is 0.238. The molecule has 0 saturated heterocycles. The van der Waals surface area contributed by atoms with Gasteiger partial charge >= 0.3 is 6.18 Å². The molecule has 0 spiro atoms. The number of benzene rings is 2. The predicted molar refractivity (Wildman–Crippen MR) is 119 cm³/mol. The number of hydrogen-bond donors (Lipinski definition) is 0. The second-order valence-electron chi connectivity index (χ2n) is 7.35. The van der Waals surface area contributed by atoms with Crippen molar-refractivity contribution in [2.45, 2.75) is 29.3 Å². The highest BCUT2D eigenvalue weighted by Crippen LogP contribution is 2.42. The highest BCUT2D eigenvalue weighted by molar-refractivity contribution is 7.93. The molecule has 1 aliphatic rings. The Labute approximate surface area is 197 Å². The van der Waals surface area contributed by atoms with Crippen molar-refractivity contribution in [3.8, 4) is 5.75 Å². The normalized spacial score (nSPS) is 18.6. The maximum Gasteiger partial charge on any atom is 0.435 e. The van der Waals surface area contributed by atoms with E-state index in [1.54, 1.807) is 6.07 Å². The van der Waals surface area contributed by atoms with E-state index in [0.717, 1.165) is 10.7 Å². The number of aromatic nitrogens is 2. The molecule has 174 valence electrons. The van der Waals surface area contributed by atoms with Gasteiger partial charge in [0.05, 0.1) is 22.1 Å². The van der Waals surface area contributed by atoms with Crippen LogP contribution in [0, 0.1) is 0 Å². The fourth-order valence-electron chi connectivity index (χ4n) is 3.74. The van der Waals surface area contributed by atoms with Crippen molar-refractivity contribution in [2.75, 3.05) is 7.11 Å². The van der Waals surface area contributed by atoms with Crippen molar-refractivity contribution >= 4 is 44.6 Å². The summed E-state index contributed by atoms with van der Waals surface area (Å²) in [6, 6.07) is 9.79. The van der Waals surface area contributed by atoms with Crippen molar-refractivity contribution in [2.24, 2.45) is 4.99 Å². The molecule has 12 heteroatoms. The van der Waals surface area contributed by atoms with Crippen molar-refractivity contribution in [1.29, 1.82) is 0 Å². The van der Waals surface area contributed by atoms with Gasteiger partial charge in [-0.15, -0.1) is 0 Å². The summed E-state index contributed by atoms with van der Waals surface area (Å²) in [5.41, 5.74) is -0.762. The maximum absolute atomic E-state index is 13.8. The molecule has 33 heavy (non-hydrogen) atoms. The summed E-state index contributed by atoms with van der Waals surface area (Å²) in [5, 5.41) is 2.65. The van der Waals surface area contributed by atoms with Crippen LogP contribution >= 0.6 is 23.2 Å². The Balaban J connectivity index is 1.96. The van der Waals surface area contributed by atoms with Crippen LogP contribution in [0.1, 0.15) is 24.2 Å². The number of ether oxygens (including phenoxy) is 1. The third-order valence-electron chi connectivity index (χ3n) is 5.25. The summed E-state index contributed by atoms with van der Waals surface area (Å²) in [7, 11) is -2.77. The molecule has 3 aromatic rings. The highest BCUT2D eigenvalue weighted by atomic mass is 35.5. The van der Waals surface area contributed by atoms with Gasteiger partial charge in [-0.2, -0.15) is 18.3 Å². The molecule has 2 aromatic carbocycles. The van der Waals surface area contributed by atoms with E-state index in [2.05, 4.69) is 10.1 Å². The lowest BCUT2D eigenvalue weighted by Crippen LogP contribution is -2.41. The molecule has 6 nitrogen and oxygen atoms in total. The predicted octanol–water partition coefficient (Wildman–Crippen LogP) is 5.76. The number of rotatable bonds is 4. The molecule has 2 unspecified atom stereocenters. The SMILES string of the molecule is COc1cccc(S(=O)(=O)C2C(C)=Nc3cc(C(F)(F)F)nn3C2c2ccc(Cl)c(Cl)c2)c1. The zero-order valence-corrected chi connectivity index (χ0v) is 19.5. The van der Waals surface area contributed by atoms with Gasteiger partial charge in [0.25, 0.3) is 0 Å². The fourth-order valence-corrected chi connectivity index (χ4v) is 6.01. The van der Waals surface area contributed by atoms with Gasteiger partial charge in [-0.3, -0.25) is 0 Å². The monoisotopic (exact) mass is 517 g/mol. The first-order valence-electron chi connectivity index (χ1n) is 9.48. The zero-order valence-electron chi connectivity index (χ0n) is 17.1. The van der Waals surface area contributed by atoms with Crippen LogP contribution in [0.25, 0.3) is 0 Å². The van der Waals surface area contributed by atoms with Crippen LogP contribution in [-0.4, -0.2) is 36.3 Å². The molecular weight excluding hydrogens is 502 g/mol. The molecule has 0 bridgehead atoms. The molecule has 0 aliphatic carbocycles. The molecule has 4 rings (SSSR count). The lowest BCUT2D eigenvalue weighted by atomic mass is 9.99. The number of alkyl halides is 3. The van der Waals surface area contributed by atoms with Gasteiger partial charge in [0.15, 0.2) is 21.3 Å². The van der Waals surface area contributed by atoms with Crippen LogP contribution in [0.4, 0.5) is 19.0 Å². The van der Waals surface area contributed by atoms with E-state index >= 15 is 0 Å². The molecule has 0 saturated carbocycles. The third-order valence-corrected chi connectivity index (χ3v) is 8.17. The van der Waals surface area contributed by atoms with Gasteiger partial charge in [-0.05, 0) is 42.8 Å². The number of fused-ring (bicyclic) bond motifs is 1. The lowest BCUT2D eigenvalue weighted by Gasteiger charge is -2.32. The van der Waals surface area contributed by atoms with Crippen LogP contribution in [0.15, 0.2) is 58.4 Å². The first kappa shape index (κ1) is 23.6. The Bertz CT molecular complexity index is 1370. The van der Waals surface area contributed by atoms with Crippen LogP contribution in [-0.2, 0) is 16.0 Å². The Morgan fingerprint density at radius 1 is 1.06 bits per heavy atom. The zero-order chi connectivity index (χ0) is 24.1. The molecular formula is C21H16Cl2F3N3O3S. The molecule has 0 radical (unpaired) electrons. The molecule has 1 aromatic heterocycles. The van der Waals surface area contributed by atoms with Crippen molar-refractivity contribution in [3.05, 3.63) is 69.8 Å². The summed E-state index contributed by atoms with van der Waals surface area (Å²) in [6.45, 7) is 1.46. The number of halogens is 5. The third kappa shape index (κ3) is 4.22. The molecule has 0 fully saturated rings. The number of nitrogens with zero attached hydrogens (tertiary/aromatic N) is 3. The van der Waals surface area contributed by atoms with E-state index in [0.29, 0.717) is 11.3 Å². The topological polar surface area (TPSA) is 73.6 Å². The van der Waals surface area contributed by atoms with E-state index in [9.17, 15) is 21.6 Å². The molecule has 0 amide bonds. The van der Waals surface area contributed by atoms with Crippen LogP contribution < -0.4 is 4.74 Å². The van der Waals surface area contributed by atoms with E-state index in [4.69, 9.17) is 27.9 Å². The van der Waals surface area contributed by atoms with Gasteiger partial charge in [-0.1, -0.05) is 35.3 Å². The maximum atomic E-state index is 13.8. The first-order valence-corrected chi connectivity index (χ1v) is 11.8. The highest BCUT2D eigenvalue weighted by Gasteiger charge is 2.45. The largest absolute Gasteiger partial charge is 0.497 e. The Kier molecular flexibility index (Phi) is 5.96. The summed E-state index contributed by atoms with van der Waals surface area (Å²) < 4.78 is 73.8. The average molecular weight is 518 g/mol. The van der Waals surface area contributed by atoms with Crippen LogP contribution in [0.3, 0.4) is 0 Å². The number of hydrogen-bond acceptors (Lipinski definition) is 5. The van der Waals surface area contributed by atoms with Gasteiger partial charge in [-0.25, -0.2) is 18.1 Å². The molecule has 2 atom stereocenters. The Morgan fingerprint density at radius 2 is 1.79 bits per heavy atom. The average Bonchev–Trinajstić information content (AvgIpc) is 3.19. The quantitative estimate of drug-likeness (QED) is 0.441. The van der Waals surface area contributed by atoms with E-state index in [1.165, 1.54) is 50.4 Å². The summed E-state index contributed by atoms with van der Waals surface area (Å²) in [5.74, 6) is 0.194. The van der Waals surface area contributed by atoms with Crippen LogP contribution in [0.5, 0.6) is 5.75 Å². The van der Waals surface area contributed by atoms with Gasteiger partial charge < -0.3 is 4.74 Å². The minimum absolute atomic E-state index is 0.0712. The smallest absolute Gasteiger partial charge is 0.435 e. The second-order valence-corrected chi connectivity index (χ2v) is 10.2.